The van der Waals surface area contributed by atoms with Crippen LogP contribution in [0.5, 0.6) is 11.5 Å². The van der Waals surface area contributed by atoms with E-state index in [1.54, 1.807) is 14.2 Å². The second-order valence-electron chi connectivity index (χ2n) is 8.04. The molecule has 1 saturated heterocycles. The van der Waals surface area contributed by atoms with Crippen LogP contribution in [0.4, 0.5) is 5.69 Å². The summed E-state index contributed by atoms with van der Waals surface area (Å²) in [7, 11) is 3.38. The van der Waals surface area contributed by atoms with E-state index in [2.05, 4.69) is 27.2 Å². The molecule has 30 heavy (non-hydrogen) atoms. The summed E-state index contributed by atoms with van der Waals surface area (Å²) >= 11 is 0. The maximum Gasteiger partial charge on any atom is 0.230 e. The van der Waals surface area contributed by atoms with Gasteiger partial charge in [0.15, 0.2) is 0 Å². The van der Waals surface area contributed by atoms with Crippen LogP contribution >= 0.6 is 0 Å². The molecule has 0 unspecified atom stereocenters. The van der Waals surface area contributed by atoms with Gasteiger partial charge in [-0.3, -0.25) is 9.69 Å². The first kappa shape index (κ1) is 20.5. The molecule has 0 atom stereocenters. The number of methoxy groups -OCH3 is 2. The molecule has 6 heteroatoms. The van der Waals surface area contributed by atoms with E-state index >= 15 is 0 Å². The highest BCUT2D eigenvalue weighted by Crippen LogP contribution is 2.51. The van der Waals surface area contributed by atoms with E-state index in [9.17, 15) is 4.79 Å². The Morgan fingerprint density at radius 2 is 1.57 bits per heavy atom. The summed E-state index contributed by atoms with van der Waals surface area (Å²) in [6.07, 6.45) is 1.77. The van der Waals surface area contributed by atoms with Crippen molar-refractivity contribution in [3.8, 4) is 11.5 Å². The zero-order chi connectivity index (χ0) is 21.0. The SMILES string of the molecule is COc1ccccc1N1CCN(CCNC(=O)C2(c3ccccc3OC)CC2)CC1. The smallest absolute Gasteiger partial charge is 0.230 e. The van der Waals surface area contributed by atoms with Gasteiger partial charge in [-0.2, -0.15) is 0 Å². The van der Waals surface area contributed by atoms with Crippen molar-refractivity contribution >= 4 is 11.6 Å². The largest absolute Gasteiger partial charge is 0.496 e. The number of carbonyl (C=O) groups is 1. The van der Waals surface area contributed by atoms with Crippen LogP contribution < -0.4 is 19.7 Å². The van der Waals surface area contributed by atoms with Gasteiger partial charge in [0.05, 0.1) is 25.3 Å². The quantitative estimate of drug-likeness (QED) is 0.727. The average molecular weight is 410 g/mol. The first-order valence-electron chi connectivity index (χ1n) is 10.7. The van der Waals surface area contributed by atoms with Gasteiger partial charge in [0.25, 0.3) is 0 Å². The van der Waals surface area contributed by atoms with Crippen molar-refractivity contribution in [1.29, 1.82) is 0 Å². The van der Waals surface area contributed by atoms with Crippen LogP contribution in [-0.4, -0.2) is 64.3 Å². The summed E-state index contributed by atoms with van der Waals surface area (Å²) in [6.45, 7) is 5.41. The van der Waals surface area contributed by atoms with E-state index in [4.69, 9.17) is 9.47 Å². The van der Waals surface area contributed by atoms with Crippen LogP contribution in [0.1, 0.15) is 18.4 Å². The van der Waals surface area contributed by atoms with E-state index in [1.165, 1.54) is 0 Å². The number of carbonyl (C=O) groups excluding carboxylic acids is 1. The van der Waals surface area contributed by atoms with Gasteiger partial charge < -0.3 is 19.7 Å². The van der Waals surface area contributed by atoms with Gasteiger partial charge in [-0.1, -0.05) is 30.3 Å². The van der Waals surface area contributed by atoms with Gasteiger partial charge in [0, 0.05) is 44.8 Å². The number of piperazine rings is 1. The molecule has 1 amide bonds. The second-order valence-corrected chi connectivity index (χ2v) is 8.04. The predicted octanol–water partition coefficient (Wildman–Crippen LogP) is 2.67. The van der Waals surface area contributed by atoms with E-state index in [0.717, 1.165) is 68.3 Å². The van der Waals surface area contributed by atoms with Crippen LogP contribution in [0.25, 0.3) is 0 Å². The first-order chi connectivity index (χ1) is 14.7. The minimum atomic E-state index is -0.408. The zero-order valence-corrected chi connectivity index (χ0v) is 17.9. The molecule has 2 fully saturated rings. The molecule has 2 aromatic rings. The average Bonchev–Trinajstić information content (AvgIpc) is 3.61. The molecule has 2 aromatic carbocycles. The zero-order valence-electron chi connectivity index (χ0n) is 17.9. The second kappa shape index (κ2) is 8.96. The normalized spacial score (nSPS) is 18.0. The molecular formula is C24H31N3O3. The standard InChI is InChI=1S/C24H31N3O3/c1-29-21-9-5-3-7-19(21)24(11-12-24)23(28)25-13-14-26-15-17-27(18-16-26)20-8-4-6-10-22(20)30-2/h3-10H,11-18H2,1-2H3,(H,25,28). The van der Waals surface area contributed by atoms with Crippen LogP contribution in [0.15, 0.2) is 48.5 Å². The van der Waals surface area contributed by atoms with Crippen LogP contribution in [0.2, 0.25) is 0 Å². The van der Waals surface area contributed by atoms with E-state index in [-0.39, 0.29) is 5.91 Å². The van der Waals surface area contributed by atoms with E-state index in [1.807, 2.05) is 36.4 Å². The molecule has 4 rings (SSSR count). The molecule has 2 aliphatic rings. The van der Waals surface area contributed by atoms with Crippen molar-refractivity contribution in [3.63, 3.8) is 0 Å². The van der Waals surface area contributed by atoms with E-state index < -0.39 is 5.41 Å². The fourth-order valence-electron chi connectivity index (χ4n) is 4.38. The highest BCUT2D eigenvalue weighted by atomic mass is 16.5. The fraction of sp³-hybridized carbons (Fsp3) is 0.458. The Labute approximate surface area is 178 Å². The molecule has 0 bridgehead atoms. The summed E-state index contributed by atoms with van der Waals surface area (Å²) in [4.78, 5) is 17.7. The highest BCUT2D eigenvalue weighted by molar-refractivity contribution is 5.92. The lowest BCUT2D eigenvalue weighted by Crippen LogP contribution is -2.49. The number of amides is 1. The van der Waals surface area contributed by atoms with Gasteiger partial charge in [0.1, 0.15) is 11.5 Å². The third-order valence-corrected chi connectivity index (χ3v) is 6.32. The number of anilines is 1. The third-order valence-electron chi connectivity index (χ3n) is 6.32. The van der Waals surface area contributed by atoms with Crippen molar-refractivity contribution in [3.05, 3.63) is 54.1 Å². The summed E-state index contributed by atoms with van der Waals surface area (Å²) < 4.78 is 11.0. The highest BCUT2D eigenvalue weighted by Gasteiger charge is 2.52. The minimum absolute atomic E-state index is 0.125. The summed E-state index contributed by atoms with van der Waals surface area (Å²) in [5.41, 5.74) is 1.76. The maximum atomic E-state index is 12.9. The van der Waals surface area contributed by atoms with Crippen molar-refractivity contribution in [2.24, 2.45) is 0 Å². The predicted molar refractivity (Wildman–Crippen MR) is 119 cm³/mol. The Morgan fingerprint density at radius 3 is 2.23 bits per heavy atom. The Balaban J connectivity index is 1.26. The number of hydrogen-bond donors (Lipinski definition) is 1. The molecular weight excluding hydrogens is 378 g/mol. The number of rotatable bonds is 8. The Bertz CT molecular complexity index is 874. The lowest BCUT2D eigenvalue weighted by molar-refractivity contribution is -0.123. The van der Waals surface area contributed by atoms with Crippen molar-refractivity contribution in [1.82, 2.24) is 10.2 Å². The molecule has 1 saturated carbocycles. The van der Waals surface area contributed by atoms with Crippen LogP contribution in [0, 0.1) is 0 Å². The fourth-order valence-corrected chi connectivity index (χ4v) is 4.38. The molecule has 0 radical (unpaired) electrons. The number of para-hydroxylation sites is 3. The van der Waals surface area contributed by atoms with Gasteiger partial charge in [0.2, 0.25) is 5.91 Å². The lowest BCUT2D eigenvalue weighted by Gasteiger charge is -2.36. The number of hydrogen-bond acceptors (Lipinski definition) is 5. The number of benzene rings is 2. The molecule has 1 N–H and O–H groups in total. The Hall–Kier alpha value is -2.73. The number of nitrogens with one attached hydrogen (secondary N) is 1. The van der Waals surface area contributed by atoms with Crippen molar-refractivity contribution in [2.45, 2.75) is 18.3 Å². The van der Waals surface area contributed by atoms with Crippen molar-refractivity contribution < 1.29 is 14.3 Å². The summed E-state index contributed by atoms with van der Waals surface area (Å²) in [6, 6.07) is 16.0. The van der Waals surface area contributed by atoms with Gasteiger partial charge in [-0.05, 0) is 31.0 Å². The summed E-state index contributed by atoms with van der Waals surface area (Å²) in [5, 5.41) is 3.17. The summed E-state index contributed by atoms with van der Waals surface area (Å²) in [5.74, 6) is 1.85. The minimum Gasteiger partial charge on any atom is -0.496 e. The van der Waals surface area contributed by atoms with E-state index in [0.29, 0.717) is 6.54 Å². The lowest BCUT2D eigenvalue weighted by atomic mass is 9.94. The van der Waals surface area contributed by atoms with Crippen LogP contribution in [0.3, 0.4) is 0 Å². The van der Waals surface area contributed by atoms with Gasteiger partial charge >= 0.3 is 0 Å². The number of nitrogens with zero attached hydrogens (tertiary/aromatic N) is 2. The van der Waals surface area contributed by atoms with Crippen molar-refractivity contribution in [2.75, 3.05) is 58.4 Å². The van der Waals surface area contributed by atoms with Gasteiger partial charge in [-0.15, -0.1) is 0 Å². The number of ether oxygens (including phenoxy) is 2. The molecule has 0 spiro atoms. The third kappa shape index (κ3) is 4.10. The van der Waals surface area contributed by atoms with Gasteiger partial charge in [-0.25, -0.2) is 0 Å². The monoisotopic (exact) mass is 409 g/mol. The topological polar surface area (TPSA) is 54.0 Å². The molecule has 160 valence electrons. The van der Waals surface area contributed by atoms with Crippen LogP contribution in [-0.2, 0) is 10.2 Å². The molecule has 6 nitrogen and oxygen atoms in total. The Kier molecular flexibility index (Phi) is 6.13. The first-order valence-corrected chi connectivity index (χ1v) is 10.7. The molecule has 0 aromatic heterocycles. The molecule has 1 aliphatic heterocycles. The molecule has 1 heterocycles. The molecule has 1 aliphatic carbocycles. The maximum absolute atomic E-state index is 12.9. The Morgan fingerprint density at radius 1 is 0.933 bits per heavy atom.